The van der Waals surface area contributed by atoms with Crippen molar-refractivity contribution in [2.75, 3.05) is 0 Å². The van der Waals surface area contributed by atoms with Crippen LogP contribution in [-0.2, 0) is 80.5 Å². The Morgan fingerprint density at radius 1 is 0.358 bits per heavy atom. The Morgan fingerprint density at radius 2 is 0.579 bits per heavy atom. The number of aryl methyl sites for hydroxylation is 2. The molecule has 0 saturated heterocycles. The molecule has 30 heteroatoms. The largest absolute Gasteiger partial charge is 0.416 e. The zero-order valence-corrected chi connectivity index (χ0v) is 53.9. The molecule has 7 aromatic carbocycles. The van der Waals surface area contributed by atoms with Crippen molar-refractivity contribution in [3.05, 3.63) is 231 Å². The van der Waals surface area contributed by atoms with Gasteiger partial charge in [-0.25, -0.2) is 4.21 Å². The van der Waals surface area contributed by atoms with Crippen LogP contribution >= 0.6 is 7.92 Å². The van der Waals surface area contributed by atoms with Crippen molar-refractivity contribution >= 4 is 69.0 Å². The Labute approximate surface area is 546 Å². The van der Waals surface area contributed by atoms with E-state index >= 15 is 0 Å². The Kier molecular flexibility index (Phi) is 24.9. The van der Waals surface area contributed by atoms with Gasteiger partial charge in [-0.3, -0.25) is 0 Å². The summed E-state index contributed by atoms with van der Waals surface area (Å²) in [4.78, 5) is 0. The van der Waals surface area contributed by atoms with Crippen LogP contribution in [0.5, 0.6) is 0 Å². The van der Waals surface area contributed by atoms with Crippen molar-refractivity contribution in [3.63, 3.8) is 0 Å². The molecule has 1 aliphatic rings. The number of rotatable bonds is 9. The molecular weight excluding hydrogens is 1530 g/mol. The molecule has 2 nitrogen and oxygen atoms in total. The first-order chi connectivity index (χ1) is 43.0. The van der Waals surface area contributed by atoms with Gasteiger partial charge in [-0.1, -0.05) is 146 Å². The summed E-state index contributed by atoms with van der Waals surface area (Å²) in [7, 11) is -2.04. The molecule has 0 bridgehead atoms. The molecule has 95 heavy (non-hydrogen) atoms. The van der Waals surface area contributed by atoms with E-state index in [1.54, 1.807) is 6.21 Å². The van der Waals surface area contributed by atoms with Crippen molar-refractivity contribution in [2.24, 2.45) is 4.40 Å². The van der Waals surface area contributed by atoms with E-state index in [4.69, 9.17) is 0 Å². The molecule has 0 aromatic heterocycles. The Morgan fingerprint density at radius 3 is 0.800 bits per heavy atom. The molecule has 0 fully saturated rings. The van der Waals surface area contributed by atoms with Crippen LogP contribution < -0.4 is 37.8 Å². The van der Waals surface area contributed by atoms with Crippen LogP contribution in [0.3, 0.4) is 0 Å². The predicted molar refractivity (Wildman–Crippen MR) is 317 cm³/mol. The fourth-order valence-electron chi connectivity index (χ4n) is 10.0. The summed E-state index contributed by atoms with van der Waals surface area (Å²) >= 11 is 0. The van der Waals surface area contributed by atoms with E-state index < -0.39 is 214 Å². The third-order valence-electron chi connectivity index (χ3n) is 14.5. The van der Waals surface area contributed by atoms with Gasteiger partial charge in [0, 0.05) is 31.9 Å². The van der Waals surface area contributed by atoms with Crippen LogP contribution in [0.4, 0.5) is 105 Å². The molecule has 0 aliphatic heterocycles. The number of benzene rings is 7. The van der Waals surface area contributed by atoms with Gasteiger partial charge in [-0.2, -0.15) is 132 Å². The van der Waals surface area contributed by atoms with Gasteiger partial charge in [-0.15, -0.1) is 0 Å². The zero-order chi connectivity index (χ0) is 70.6. The molecule has 0 heterocycles. The minimum Gasteiger partial charge on any atom is -0.234 e. The third kappa shape index (κ3) is 20.2. The number of hydrogen-bond acceptors (Lipinski definition) is 1. The van der Waals surface area contributed by atoms with E-state index in [1.165, 1.54) is 52.7 Å². The summed E-state index contributed by atoms with van der Waals surface area (Å²) < 4.78 is 357. The van der Waals surface area contributed by atoms with E-state index in [1.807, 2.05) is 26.8 Å². The average Bonchev–Trinajstić information content (AvgIpc) is 0.709. The molecule has 515 valence electrons. The fraction of sp³-hybridized carbons (Fsp3) is 0.277. The van der Waals surface area contributed by atoms with Gasteiger partial charge < -0.3 is 0 Å². The standard InChI is InChI=1S/C32H12BF24.C25H28NOPS.C8H12.Ir/c34-25(35,36)13-1-14(26(37,38)39)6-21(5-13)33(22-7-15(27(40,41)42)2-16(8-22)28(43,44)45,23-9-17(29(46,47)48)3-18(10-23)30(49,50)51)24-11-19(31(52,53)54)4-20(12-24)32(55,56)57;1-19-12-6-9-15-22(19)28(23-16-10-7-13-20(23)2)24-17-11-8-14-21(24)18-26-29(27)25(3,4)5;1-2-4-6-8-7-5-3-1;/h1-12H;6-18H,1-5H3;1-2,7-8H,3-6H2;/q-1;;;/b;26-18-;2-1-,8-7-;/t;29-;;/m.1../s1. The van der Waals surface area contributed by atoms with Crippen LogP contribution in [0.1, 0.15) is 108 Å². The van der Waals surface area contributed by atoms with Gasteiger partial charge >= 0.3 is 49.4 Å². The first-order valence-corrected chi connectivity index (χ1v) is 30.1. The molecule has 0 saturated carbocycles. The first kappa shape index (κ1) is 79.0. The molecule has 7 aromatic rings. The maximum atomic E-state index is 14.2. The number of halogens is 24. The van der Waals surface area contributed by atoms with E-state index in [0.717, 1.165) is 5.56 Å². The SMILES string of the molecule is C1=C\CC/C=C\CC/1.Cc1ccccc1P(c1ccccc1C)c1ccccc1/C=N\[S@](=O)C(C)(C)C.FC(F)(F)c1cc([B-](c2cc(C(F)(F)F)cc(C(F)(F)F)c2)(c2cc(C(F)(F)F)cc(C(F)(F)F)c2)c2cc(C(F)(F)F)cc(C(F)(F)F)c2)cc(C(F)(F)F)c1.[Ir]. The van der Waals surface area contributed by atoms with Crippen molar-refractivity contribution in [3.8, 4) is 0 Å². The van der Waals surface area contributed by atoms with E-state index in [9.17, 15) is 110 Å². The summed E-state index contributed by atoms with van der Waals surface area (Å²) in [5.74, 6) is 0. The molecule has 1 atom stereocenters. The molecule has 0 unspecified atom stereocenters. The average molecular weight is 1590 g/mol. The number of nitrogens with zero attached hydrogens (tertiary/aromatic N) is 1. The second-order valence-corrected chi connectivity index (χ2v) is 26.4. The number of alkyl halides is 24. The number of hydrogen-bond donors (Lipinski definition) is 0. The molecule has 8 rings (SSSR count). The maximum Gasteiger partial charge on any atom is 0.416 e. The maximum absolute atomic E-state index is 14.2. The summed E-state index contributed by atoms with van der Waals surface area (Å²) in [6, 6.07) is 16.8. The van der Waals surface area contributed by atoms with Gasteiger partial charge in [0.15, 0.2) is 0 Å². The van der Waals surface area contributed by atoms with Gasteiger partial charge in [0.1, 0.15) is 17.1 Å². The Bertz CT molecular complexity index is 3420. The van der Waals surface area contributed by atoms with Gasteiger partial charge in [0.05, 0.1) is 49.3 Å². The van der Waals surface area contributed by atoms with Crippen LogP contribution in [0.2, 0.25) is 0 Å². The van der Waals surface area contributed by atoms with Crippen molar-refractivity contribution in [1.82, 2.24) is 0 Å². The minimum absolute atomic E-state index is 0. The van der Waals surface area contributed by atoms with Crippen LogP contribution in [0.25, 0.3) is 0 Å². The van der Waals surface area contributed by atoms with Crippen LogP contribution in [0, 0.1) is 13.8 Å². The molecule has 1 radical (unpaired) electrons. The quantitative estimate of drug-likeness (QED) is 0.0466. The summed E-state index contributed by atoms with van der Waals surface area (Å²) in [6.45, 7) is 10.2. The molecule has 0 amide bonds. The molecule has 0 spiro atoms. The van der Waals surface area contributed by atoms with Gasteiger partial charge in [0.25, 0.3) is 0 Å². The van der Waals surface area contributed by atoms with Crippen LogP contribution in [-0.4, -0.2) is 21.3 Å². The van der Waals surface area contributed by atoms with E-state index in [0.29, 0.717) is 0 Å². The first-order valence-electron chi connectivity index (χ1n) is 27.7. The van der Waals surface area contributed by atoms with E-state index in [-0.39, 0.29) is 24.9 Å². The van der Waals surface area contributed by atoms with Crippen molar-refractivity contribution < 1.29 is 130 Å². The van der Waals surface area contributed by atoms with Gasteiger partial charge in [0.2, 0.25) is 0 Å². The number of allylic oxidation sites excluding steroid dienone is 4. The third-order valence-corrected chi connectivity index (χ3v) is 18.7. The molecule has 1 aliphatic carbocycles. The topological polar surface area (TPSA) is 29.4 Å². The monoisotopic (exact) mass is 1590 g/mol. The minimum atomic E-state index is -6.13. The van der Waals surface area contributed by atoms with Crippen molar-refractivity contribution in [2.45, 2.75) is 114 Å². The molecule has 0 N–H and O–H groups in total. The second-order valence-electron chi connectivity index (χ2n) is 22.4. The summed E-state index contributed by atoms with van der Waals surface area (Å²) in [6.07, 6.45) is -39.0. The summed E-state index contributed by atoms with van der Waals surface area (Å²) in [5, 5.41) is 3.92. The Balaban J connectivity index is 0.000000353. The summed E-state index contributed by atoms with van der Waals surface area (Å²) in [5.41, 5.74) is -26.6. The smallest absolute Gasteiger partial charge is 0.234 e. The Hall–Kier alpha value is -6.70. The van der Waals surface area contributed by atoms with Crippen molar-refractivity contribution in [1.29, 1.82) is 0 Å². The normalized spacial score (nSPS) is 15.0. The fourth-order valence-corrected chi connectivity index (χ4v) is 13.3. The van der Waals surface area contributed by atoms with Gasteiger partial charge in [-0.05, 0) is 120 Å². The predicted octanol–water partition coefficient (Wildman–Crippen LogP) is 18.8. The zero-order valence-electron chi connectivity index (χ0n) is 49.8. The second kappa shape index (κ2) is 30.0. The molecular formula is C65H52BF24IrNOPS-. The van der Waals surface area contributed by atoms with E-state index in [2.05, 4.69) is 109 Å². The van der Waals surface area contributed by atoms with Crippen LogP contribution in [0.15, 0.2) is 174 Å².